The third-order valence-corrected chi connectivity index (χ3v) is 2.28. The van der Waals surface area contributed by atoms with E-state index in [0.717, 1.165) is 5.56 Å². The highest BCUT2D eigenvalue weighted by Crippen LogP contribution is 2.07. The second-order valence-corrected chi connectivity index (χ2v) is 5.52. The molecule has 0 aliphatic rings. The number of nitrogens with two attached hydrogens (primary N) is 1. The molecule has 0 fully saturated rings. The Bertz CT molecular complexity index is 516. The van der Waals surface area contributed by atoms with E-state index in [-0.39, 0.29) is 23.9 Å². The van der Waals surface area contributed by atoms with E-state index in [1.807, 2.05) is 32.9 Å². The average Bonchev–Trinajstić information content (AvgIpc) is 2.32. The molecule has 1 rings (SSSR count). The first kappa shape index (κ1) is 15.8. The van der Waals surface area contributed by atoms with Gasteiger partial charge >= 0.3 is 0 Å². The summed E-state index contributed by atoms with van der Waals surface area (Å²) in [5, 5.41) is 5.28. The molecular weight excluding hydrogens is 254 g/mol. The van der Waals surface area contributed by atoms with Crippen LogP contribution in [0.5, 0.6) is 0 Å². The summed E-state index contributed by atoms with van der Waals surface area (Å²) < 4.78 is 0. The average molecular weight is 275 g/mol. The summed E-state index contributed by atoms with van der Waals surface area (Å²) >= 11 is 0. The number of anilines is 1. The van der Waals surface area contributed by atoms with Crippen LogP contribution in [0.4, 0.5) is 5.69 Å². The van der Waals surface area contributed by atoms with Crippen molar-refractivity contribution >= 4 is 23.6 Å². The maximum Gasteiger partial charge on any atom is 0.244 e. The van der Waals surface area contributed by atoms with Crippen LogP contribution in [0.25, 0.3) is 6.08 Å². The fourth-order valence-electron chi connectivity index (χ4n) is 1.52. The number of benzene rings is 1. The largest absolute Gasteiger partial charge is 0.399 e. The molecule has 0 radical (unpaired) electrons. The van der Waals surface area contributed by atoms with Gasteiger partial charge in [-0.15, -0.1) is 0 Å². The minimum atomic E-state index is -0.323. The first-order valence-corrected chi connectivity index (χ1v) is 6.39. The highest BCUT2D eigenvalue weighted by atomic mass is 16.2. The van der Waals surface area contributed by atoms with Gasteiger partial charge in [-0.1, -0.05) is 12.1 Å². The molecule has 5 heteroatoms. The van der Waals surface area contributed by atoms with E-state index in [0.29, 0.717) is 5.69 Å². The molecule has 0 saturated carbocycles. The van der Waals surface area contributed by atoms with Crippen LogP contribution in [0, 0.1) is 0 Å². The van der Waals surface area contributed by atoms with Crippen molar-refractivity contribution in [3.05, 3.63) is 35.9 Å². The molecule has 0 aliphatic carbocycles. The van der Waals surface area contributed by atoms with Crippen LogP contribution >= 0.6 is 0 Å². The molecule has 108 valence electrons. The minimum Gasteiger partial charge on any atom is -0.399 e. The van der Waals surface area contributed by atoms with Gasteiger partial charge in [0.25, 0.3) is 0 Å². The molecule has 20 heavy (non-hydrogen) atoms. The standard InChI is InChI=1S/C15H21N3O2/c1-15(2,3)18-14(20)10-17-13(19)8-7-11-5-4-6-12(16)9-11/h4-9H,10,16H2,1-3H3,(H,17,19)(H,18,20)/b8-7+. The van der Waals surface area contributed by atoms with Gasteiger partial charge in [-0.3, -0.25) is 9.59 Å². The summed E-state index contributed by atoms with van der Waals surface area (Å²) in [6.45, 7) is 5.60. The topological polar surface area (TPSA) is 84.2 Å². The highest BCUT2D eigenvalue weighted by molar-refractivity contribution is 5.94. The van der Waals surface area contributed by atoms with Gasteiger partial charge in [-0.25, -0.2) is 0 Å². The van der Waals surface area contributed by atoms with Gasteiger partial charge < -0.3 is 16.4 Å². The van der Waals surface area contributed by atoms with Crippen molar-refractivity contribution in [1.29, 1.82) is 0 Å². The van der Waals surface area contributed by atoms with Gasteiger partial charge in [0.15, 0.2) is 0 Å². The number of hydrogen-bond acceptors (Lipinski definition) is 3. The quantitative estimate of drug-likeness (QED) is 0.572. The highest BCUT2D eigenvalue weighted by Gasteiger charge is 2.13. The van der Waals surface area contributed by atoms with Crippen molar-refractivity contribution < 1.29 is 9.59 Å². The van der Waals surface area contributed by atoms with Crippen molar-refractivity contribution in [3.8, 4) is 0 Å². The van der Waals surface area contributed by atoms with Crippen LogP contribution in [0.3, 0.4) is 0 Å². The lowest BCUT2D eigenvalue weighted by atomic mass is 10.1. The number of amides is 2. The molecule has 4 N–H and O–H groups in total. The second-order valence-electron chi connectivity index (χ2n) is 5.52. The molecule has 0 heterocycles. The lowest BCUT2D eigenvalue weighted by molar-refractivity contribution is -0.124. The molecule has 0 spiro atoms. The second kappa shape index (κ2) is 6.75. The lowest BCUT2D eigenvalue weighted by Gasteiger charge is -2.20. The van der Waals surface area contributed by atoms with Crippen molar-refractivity contribution in [2.24, 2.45) is 0 Å². The smallest absolute Gasteiger partial charge is 0.244 e. The minimum absolute atomic E-state index is 0.0443. The Morgan fingerprint density at radius 2 is 2.00 bits per heavy atom. The monoisotopic (exact) mass is 275 g/mol. The molecule has 1 aromatic rings. The van der Waals surface area contributed by atoms with Crippen molar-refractivity contribution in [1.82, 2.24) is 10.6 Å². The third kappa shape index (κ3) is 6.58. The summed E-state index contributed by atoms with van der Waals surface area (Å²) in [5.74, 6) is -0.542. The van der Waals surface area contributed by atoms with Crippen LogP contribution in [-0.4, -0.2) is 23.9 Å². The molecule has 0 saturated heterocycles. The summed E-state index contributed by atoms with van der Waals surface area (Å²) in [6.07, 6.45) is 3.02. The number of nitrogen functional groups attached to an aromatic ring is 1. The zero-order chi connectivity index (χ0) is 15.2. The van der Waals surface area contributed by atoms with Gasteiger partial charge in [-0.2, -0.15) is 0 Å². The van der Waals surface area contributed by atoms with Crippen LogP contribution in [0.15, 0.2) is 30.3 Å². The molecule has 0 atom stereocenters. The first-order valence-electron chi connectivity index (χ1n) is 6.39. The first-order chi connectivity index (χ1) is 9.26. The van der Waals surface area contributed by atoms with Gasteiger partial charge in [0.1, 0.15) is 0 Å². The van der Waals surface area contributed by atoms with Crippen LogP contribution < -0.4 is 16.4 Å². The molecule has 2 amide bonds. The fourth-order valence-corrected chi connectivity index (χ4v) is 1.52. The van der Waals surface area contributed by atoms with Gasteiger partial charge in [0.2, 0.25) is 11.8 Å². The molecule has 1 aromatic carbocycles. The van der Waals surface area contributed by atoms with Crippen LogP contribution in [0.2, 0.25) is 0 Å². The van der Waals surface area contributed by atoms with Crippen LogP contribution in [-0.2, 0) is 9.59 Å². The van der Waals surface area contributed by atoms with E-state index in [1.165, 1.54) is 6.08 Å². The fraction of sp³-hybridized carbons (Fsp3) is 0.333. The summed E-state index contributed by atoms with van der Waals surface area (Å²) in [6, 6.07) is 7.18. The Morgan fingerprint density at radius 1 is 1.30 bits per heavy atom. The Labute approximate surface area is 119 Å². The SMILES string of the molecule is CC(C)(C)NC(=O)CNC(=O)/C=C/c1cccc(N)c1. The van der Waals surface area contributed by atoms with E-state index < -0.39 is 0 Å². The van der Waals surface area contributed by atoms with Crippen molar-refractivity contribution in [2.75, 3.05) is 12.3 Å². The summed E-state index contributed by atoms with van der Waals surface area (Å²) in [7, 11) is 0. The normalized spacial score (nSPS) is 11.3. The van der Waals surface area contributed by atoms with Crippen molar-refractivity contribution in [2.45, 2.75) is 26.3 Å². The Kier molecular flexibility index (Phi) is 5.32. The molecule has 0 bridgehead atoms. The lowest BCUT2D eigenvalue weighted by Crippen LogP contribution is -2.45. The maximum atomic E-state index is 11.6. The summed E-state index contributed by atoms with van der Waals surface area (Å²) in [5.41, 5.74) is 6.80. The Morgan fingerprint density at radius 3 is 2.60 bits per heavy atom. The number of carbonyl (C=O) groups is 2. The third-order valence-electron chi connectivity index (χ3n) is 2.28. The Balaban J connectivity index is 2.42. The molecule has 0 aliphatic heterocycles. The van der Waals surface area contributed by atoms with E-state index >= 15 is 0 Å². The summed E-state index contributed by atoms with van der Waals surface area (Å²) in [4.78, 5) is 23.1. The van der Waals surface area contributed by atoms with Gasteiger partial charge in [0.05, 0.1) is 6.54 Å². The maximum absolute atomic E-state index is 11.6. The molecule has 5 nitrogen and oxygen atoms in total. The van der Waals surface area contributed by atoms with E-state index in [9.17, 15) is 9.59 Å². The number of carbonyl (C=O) groups excluding carboxylic acids is 2. The van der Waals surface area contributed by atoms with Crippen molar-refractivity contribution in [3.63, 3.8) is 0 Å². The van der Waals surface area contributed by atoms with E-state index in [1.54, 1.807) is 18.2 Å². The number of rotatable bonds is 4. The molecule has 0 aromatic heterocycles. The zero-order valence-corrected chi connectivity index (χ0v) is 12.1. The van der Waals surface area contributed by atoms with Gasteiger partial charge in [0, 0.05) is 17.3 Å². The van der Waals surface area contributed by atoms with E-state index in [2.05, 4.69) is 10.6 Å². The predicted molar refractivity (Wildman–Crippen MR) is 80.8 cm³/mol. The molecule has 0 unspecified atom stereocenters. The Hall–Kier alpha value is -2.30. The molecular formula is C15H21N3O2. The predicted octanol–water partition coefficient (Wildman–Crippen LogP) is 1.31. The zero-order valence-electron chi connectivity index (χ0n) is 12.1. The van der Waals surface area contributed by atoms with E-state index in [4.69, 9.17) is 5.73 Å². The van der Waals surface area contributed by atoms with Crippen LogP contribution in [0.1, 0.15) is 26.3 Å². The number of nitrogens with one attached hydrogen (secondary N) is 2. The number of hydrogen-bond donors (Lipinski definition) is 3. The van der Waals surface area contributed by atoms with Gasteiger partial charge in [-0.05, 0) is 44.5 Å².